The van der Waals surface area contributed by atoms with Crippen molar-refractivity contribution in [3.8, 4) is 22.8 Å². The van der Waals surface area contributed by atoms with Crippen molar-refractivity contribution >= 4 is 23.1 Å². The van der Waals surface area contributed by atoms with Crippen LogP contribution in [0.4, 0.5) is 10.1 Å². The third kappa shape index (κ3) is 4.91. The Labute approximate surface area is 202 Å². The molecule has 0 radical (unpaired) electrons. The second-order valence-corrected chi connectivity index (χ2v) is 8.21. The highest BCUT2D eigenvalue weighted by Crippen LogP contribution is 2.38. The second-order valence-electron chi connectivity index (χ2n) is 8.21. The average molecular weight is 473 g/mol. The number of hydrogen-bond donors (Lipinski definition) is 3. The number of rotatable bonds is 6. The van der Waals surface area contributed by atoms with Gasteiger partial charge < -0.3 is 21.3 Å². The van der Waals surface area contributed by atoms with Crippen LogP contribution in [-0.2, 0) is 4.79 Å². The SMILES string of the molecule is CN=C(N)c1c(N)cc(C2=CC(F)=C(C(=O)O)CC2C)nc1-c1ccc(Oc2ccccc2)cc1. The maximum Gasteiger partial charge on any atom is 0.334 e. The molecule has 0 saturated carbocycles. The first-order valence-electron chi connectivity index (χ1n) is 11.0. The number of carboxylic acid groups (broad SMARTS) is 1. The highest BCUT2D eigenvalue weighted by atomic mass is 19.1. The number of nitrogens with two attached hydrogens (primary N) is 2. The number of para-hydroxylation sites is 1. The van der Waals surface area contributed by atoms with Gasteiger partial charge in [-0.25, -0.2) is 14.2 Å². The van der Waals surface area contributed by atoms with E-state index >= 15 is 0 Å². The monoisotopic (exact) mass is 472 g/mol. The molecular formula is C27H25FN4O3. The van der Waals surface area contributed by atoms with Gasteiger partial charge in [-0.2, -0.15) is 0 Å². The highest BCUT2D eigenvalue weighted by molar-refractivity contribution is 6.07. The van der Waals surface area contributed by atoms with Gasteiger partial charge in [-0.15, -0.1) is 0 Å². The molecule has 2 aromatic carbocycles. The molecule has 178 valence electrons. The molecule has 1 aromatic heterocycles. The second kappa shape index (κ2) is 9.80. The number of ether oxygens (including phenoxy) is 1. The van der Waals surface area contributed by atoms with Gasteiger partial charge in [0, 0.05) is 18.3 Å². The number of benzene rings is 2. The molecule has 8 heteroatoms. The summed E-state index contributed by atoms with van der Waals surface area (Å²) in [5.74, 6) is -0.760. The number of nitrogen functional groups attached to an aromatic ring is 1. The van der Waals surface area contributed by atoms with E-state index in [4.69, 9.17) is 21.2 Å². The van der Waals surface area contributed by atoms with Crippen LogP contribution in [0.3, 0.4) is 0 Å². The van der Waals surface area contributed by atoms with Gasteiger partial charge in [-0.1, -0.05) is 25.1 Å². The Kier molecular flexibility index (Phi) is 6.64. The van der Waals surface area contributed by atoms with Crippen molar-refractivity contribution in [1.29, 1.82) is 0 Å². The molecule has 0 amide bonds. The van der Waals surface area contributed by atoms with Crippen molar-refractivity contribution in [2.75, 3.05) is 12.8 Å². The van der Waals surface area contributed by atoms with E-state index in [9.17, 15) is 14.3 Å². The summed E-state index contributed by atoms with van der Waals surface area (Å²) in [5, 5.41) is 9.26. The van der Waals surface area contributed by atoms with Crippen molar-refractivity contribution in [3.63, 3.8) is 0 Å². The standard InChI is InChI=1S/C27H25FN4O3/c1-15-12-20(27(33)34)21(28)13-19(15)23-14-22(29)24(26(30)31-2)25(32-23)16-8-10-18(11-9-16)35-17-6-4-3-5-7-17/h3-11,13-15H,12H2,1-2H3,(H2,29,32)(H2,30,31)(H,33,34). The summed E-state index contributed by atoms with van der Waals surface area (Å²) < 4.78 is 20.4. The lowest BCUT2D eigenvalue weighted by Crippen LogP contribution is -2.19. The summed E-state index contributed by atoms with van der Waals surface area (Å²) in [6.45, 7) is 1.82. The van der Waals surface area contributed by atoms with Gasteiger partial charge in [0.2, 0.25) is 0 Å². The zero-order valence-corrected chi connectivity index (χ0v) is 19.3. The van der Waals surface area contributed by atoms with Crippen molar-refractivity contribution in [2.45, 2.75) is 13.3 Å². The molecule has 1 unspecified atom stereocenters. The first kappa shape index (κ1) is 23.7. The van der Waals surface area contributed by atoms with Gasteiger partial charge in [0.25, 0.3) is 0 Å². The van der Waals surface area contributed by atoms with E-state index < -0.39 is 11.8 Å². The van der Waals surface area contributed by atoms with Crippen molar-refractivity contribution in [1.82, 2.24) is 4.98 Å². The number of anilines is 1. The molecule has 1 heterocycles. The molecule has 3 aromatic rings. The van der Waals surface area contributed by atoms with Gasteiger partial charge in [0.15, 0.2) is 0 Å². The number of carbonyl (C=O) groups is 1. The maximum absolute atomic E-state index is 14.5. The quantitative estimate of drug-likeness (QED) is 0.335. The molecule has 1 aliphatic carbocycles. The molecule has 5 N–H and O–H groups in total. The minimum Gasteiger partial charge on any atom is -0.478 e. The lowest BCUT2D eigenvalue weighted by Gasteiger charge is -2.22. The molecule has 0 saturated heterocycles. The van der Waals surface area contributed by atoms with E-state index in [1.807, 2.05) is 49.4 Å². The van der Waals surface area contributed by atoms with E-state index in [2.05, 4.69) is 4.99 Å². The van der Waals surface area contributed by atoms with Crippen LogP contribution in [-0.4, -0.2) is 28.9 Å². The van der Waals surface area contributed by atoms with E-state index in [-0.39, 0.29) is 23.7 Å². The number of aliphatic carboxylic acids is 1. The maximum atomic E-state index is 14.5. The van der Waals surface area contributed by atoms with E-state index in [1.54, 1.807) is 25.2 Å². The zero-order valence-electron chi connectivity index (χ0n) is 19.3. The normalized spacial score (nSPS) is 16.1. The number of carboxylic acids is 1. The number of nitrogens with zero attached hydrogens (tertiary/aromatic N) is 2. The van der Waals surface area contributed by atoms with Crippen LogP contribution in [0.25, 0.3) is 16.8 Å². The fraction of sp³-hybridized carbons (Fsp3) is 0.148. The Morgan fingerprint density at radius 1 is 1.14 bits per heavy atom. The fourth-order valence-electron chi connectivity index (χ4n) is 4.00. The molecular weight excluding hydrogens is 447 g/mol. The summed E-state index contributed by atoms with van der Waals surface area (Å²) in [6.07, 6.45) is 1.27. The van der Waals surface area contributed by atoms with Crippen LogP contribution >= 0.6 is 0 Å². The molecule has 4 rings (SSSR count). The molecule has 1 aliphatic rings. The van der Waals surface area contributed by atoms with Crippen LogP contribution in [0.5, 0.6) is 11.5 Å². The lowest BCUT2D eigenvalue weighted by molar-refractivity contribution is -0.133. The summed E-state index contributed by atoms with van der Waals surface area (Å²) in [5.41, 5.74) is 15.3. The number of aliphatic imine (C=N–C) groups is 1. The first-order valence-corrected chi connectivity index (χ1v) is 11.0. The first-order chi connectivity index (χ1) is 16.8. The minimum absolute atomic E-state index is 0.0513. The van der Waals surface area contributed by atoms with Gasteiger partial charge in [-0.3, -0.25) is 4.99 Å². The summed E-state index contributed by atoms with van der Waals surface area (Å²) >= 11 is 0. The Bertz CT molecular complexity index is 1360. The van der Waals surface area contributed by atoms with Crippen LogP contribution in [0.2, 0.25) is 0 Å². The topological polar surface area (TPSA) is 124 Å². The Hall–Kier alpha value is -4.46. The molecule has 7 nitrogen and oxygen atoms in total. The molecule has 0 bridgehead atoms. The predicted octanol–water partition coefficient (Wildman–Crippen LogP) is 5.19. The van der Waals surface area contributed by atoms with Gasteiger partial charge in [0.1, 0.15) is 23.2 Å². The fourth-order valence-corrected chi connectivity index (χ4v) is 4.00. The predicted molar refractivity (Wildman–Crippen MR) is 135 cm³/mol. The number of pyridine rings is 1. The van der Waals surface area contributed by atoms with Crippen LogP contribution in [0.1, 0.15) is 24.6 Å². The third-order valence-electron chi connectivity index (χ3n) is 5.82. The third-order valence-corrected chi connectivity index (χ3v) is 5.82. The van der Waals surface area contributed by atoms with Crippen LogP contribution in [0.15, 0.2) is 83.1 Å². The van der Waals surface area contributed by atoms with Gasteiger partial charge in [-0.05, 0) is 66.5 Å². The zero-order chi connectivity index (χ0) is 25.1. The average Bonchev–Trinajstić information content (AvgIpc) is 2.85. The smallest absolute Gasteiger partial charge is 0.334 e. The largest absolute Gasteiger partial charge is 0.478 e. The Morgan fingerprint density at radius 3 is 2.43 bits per heavy atom. The molecule has 0 spiro atoms. The summed E-state index contributed by atoms with van der Waals surface area (Å²) in [6, 6.07) is 18.3. The summed E-state index contributed by atoms with van der Waals surface area (Å²) in [7, 11) is 1.56. The van der Waals surface area contributed by atoms with E-state index in [0.717, 1.165) is 0 Å². The Balaban J connectivity index is 1.79. The van der Waals surface area contributed by atoms with E-state index in [0.29, 0.717) is 45.3 Å². The number of aromatic nitrogens is 1. The number of halogens is 1. The molecule has 35 heavy (non-hydrogen) atoms. The summed E-state index contributed by atoms with van der Waals surface area (Å²) in [4.78, 5) is 20.2. The highest BCUT2D eigenvalue weighted by Gasteiger charge is 2.27. The van der Waals surface area contributed by atoms with Gasteiger partial charge >= 0.3 is 5.97 Å². The van der Waals surface area contributed by atoms with Crippen LogP contribution < -0.4 is 16.2 Å². The Morgan fingerprint density at radius 2 is 1.80 bits per heavy atom. The molecule has 0 fully saturated rings. The van der Waals surface area contributed by atoms with Crippen molar-refractivity contribution in [2.24, 2.45) is 16.6 Å². The minimum atomic E-state index is -1.27. The number of hydrogen-bond acceptors (Lipinski definition) is 5. The lowest BCUT2D eigenvalue weighted by atomic mass is 9.85. The number of allylic oxidation sites excluding steroid dienone is 3. The molecule has 0 aliphatic heterocycles. The number of amidine groups is 1. The van der Waals surface area contributed by atoms with Gasteiger partial charge in [0.05, 0.1) is 22.5 Å². The van der Waals surface area contributed by atoms with Crippen molar-refractivity contribution in [3.05, 3.63) is 89.4 Å². The van der Waals surface area contributed by atoms with Crippen LogP contribution in [0, 0.1) is 5.92 Å². The van der Waals surface area contributed by atoms with E-state index in [1.165, 1.54) is 6.08 Å². The molecule has 1 atom stereocenters. The van der Waals surface area contributed by atoms with Crippen molar-refractivity contribution < 1.29 is 19.0 Å².